The van der Waals surface area contributed by atoms with Crippen LogP contribution in [-0.2, 0) is 52.6 Å². The summed E-state index contributed by atoms with van der Waals surface area (Å²) in [5, 5.41) is 17.4. The molecule has 0 saturated carbocycles. The van der Waals surface area contributed by atoms with Gasteiger partial charge in [0.1, 0.15) is 36.6 Å². The minimum absolute atomic E-state index is 0.291. The maximum Gasteiger partial charge on any atom is 0.325 e. The number of rotatable bonds is 10. The number of methoxy groups -OCH3 is 4. The van der Waals surface area contributed by atoms with Crippen LogP contribution in [0.15, 0.2) is 0 Å². The Morgan fingerprint density at radius 1 is 0.575 bits per heavy atom. The fraction of sp³-hybridized carbons (Fsp3) is 0.833. The second-order valence-corrected chi connectivity index (χ2v) is 9.94. The molecule has 16 nitrogen and oxygen atoms in total. The molecule has 40 heavy (non-hydrogen) atoms. The number of esters is 4. The Morgan fingerprint density at radius 2 is 1.02 bits per heavy atom. The molecule has 0 radical (unpaired) electrons. The van der Waals surface area contributed by atoms with Gasteiger partial charge in [-0.3, -0.25) is 39.0 Å². The van der Waals surface area contributed by atoms with E-state index in [0.29, 0.717) is 51.4 Å². The first-order valence-corrected chi connectivity index (χ1v) is 13.3. The first kappa shape index (κ1) is 30.5. The van der Waals surface area contributed by atoms with Crippen molar-refractivity contribution in [3.63, 3.8) is 0 Å². The molecule has 226 valence electrons. The fourth-order valence-corrected chi connectivity index (χ4v) is 5.53. The lowest BCUT2D eigenvalue weighted by Crippen LogP contribution is -2.53. The molecule has 4 heterocycles. The monoisotopic (exact) mass is 574 g/mol. The number of carbonyl (C=O) groups is 4. The molecule has 0 aromatic rings. The molecule has 0 bridgehead atoms. The molecule has 0 aromatic carbocycles. The molecule has 4 unspecified atom stereocenters. The summed E-state index contributed by atoms with van der Waals surface area (Å²) < 4.78 is 19.6. The van der Waals surface area contributed by atoms with Crippen LogP contribution in [0.2, 0.25) is 0 Å². The van der Waals surface area contributed by atoms with Crippen molar-refractivity contribution in [3.05, 3.63) is 0 Å². The molecule has 4 saturated heterocycles. The van der Waals surface area contributed by atoms with Crippen molar-refractivity contribution in [3.8, 4) is 0 Å². The van der Waals surface area contributed by atoms with Gasteiger partial charge in [-0.1, -0.05) is 0 Å². The third-order valence-electron chi connectivity index (χ3n) is 7.60. The second kappa shape index (κ2) is 13.5. The Kier molecular flexibility index (Phi) is 10.3. The zero-order valence-corrected chi connectivity index (χ0v) is 23.1. The number of carbonyl (C=O) groups excluding carboxylic acids is 4. The Morgan fingerprint density at radius 3 is 1.55 bits per heavy atom. The topological polar surface area (TPSA) is 175 Å². The standard InChI is InChI=1S/C24H38N4O12/c1-34-21(30)13-5-9-17(25-13)38-27-15(23(32)36-3)7-11-19(27)40-28-16(24(33)37-4)8-12-20(28)39-26-14(22(31)35-2)6-10-18(26)29/h13-20,25,29H,5-12H2,1-4H3/t13-,14-,15-,16-,17?,18?,19?,20?/m0/s1. The van der Waals surface area contributed by atoms with E-state index in [9.17, 15) is 24.3 Å². The van der Waals surface area contributed by atoms with Crippen LogP contribution >= 0.6 is 0 Å². The van der Waals surface area contributed by atoms with E-state index in [1.807, 2.05) is 0 Å². The molecule has 4 fully saturated rings. The highest BCUT2D eigenvalue weighted by Gasteiger charge is 2.50. The van der Waals surface area contributed by atoms with Gasteiger partial charge in [-0.05, 0) is 51.4 Å². The lowest BCUT2D eigenvalue weighted by Gasteiger charge is -2.37. The quantitative estimate of drug-likeness (QED) is 0.238. The molecule has 8 atom stereocenters. The van der Waals surface area contributed by atoms with Crippen molar-refractivity contribution in [2.45, 2.75) is 100 Å². The largest absolute Gasteiger partial charge is 0.468 e. The van der Waals surface area contributed by atoms with Gasteiger partial charge >= 0.3 is 23.9 Å². The van der Waals surface area contributed by atoms with Crippen LogP contribution in [0, 0.1) is 0 Å². The lowest BCUT2D eigenvalue weighted by molar-refractivity contribution is -0.386. The molecule has 0 amide bonds. The molecule has 0 aromatic heterocycles. The normalized spacial score (nSPS) is 35.1. The lowest BCUT2D eigenvalue weighted by atomic mass is 10.2. The highest BCUT2D eigenvalue weighted by Crippen LogP contribution is 2.36. The Hall–Kier alpha value is -2.44. The molecule has 0 spiro atoms. The van der Waals surface area contributed by atoms with Gasteiger partial charge in [0.15, 0.2) is 12.5 Å². The smallest absolute Gasteiger partial charge is 0.325 e. The summed E-state index contributed by atoms with van der Waals surface area (Å²) in [6.07, 6.45) is -0.534. The Bertz CT molecular complexity index is 940. The van der Waals surface area contributed by atoms with Crippen molar-refractivity contribution in [1.82, 2.24) is 20.5 Å². The Labute approximate surface area is 231 Å². The van der Waals surface area contributed by atoms with Crippen LogP contribution < -0.4 is 5.32 Å². The van der Waals surface area contributed by atoms with E-state index >= 15 is 0 Å². The first-order chi connectivity index (χ1) is 19.2. The van der Waals surface area contributed by atoms with Crippen LogP contribution in [0.5, 0.6) is 0 Å². The summed E-state index contributed by atoms with van der Waals surface area (Å²) in [5.41, 5.74) is 0. The minimum Gasteiger partial charge on any atom is -0.468 e. The highest BCUT2D eigenvalue weighted by atomic mass is 16.8. The van der Waals surface area contributed by atoms with Gasteiger partial charge < -0.3 is 24.1 Å². The maximum absolute atomic E-state index is 12.7. The van der Waals surface area contributed by atoms with Crippen LogP contribution in [0.1, 0.15) is 51.4 Å². The number of aliphatic hydroxyl groups excluding tert-OH is 1. The van der Waals surface area contributed by atoms with Crippen molar-refractivity contribution in [2.75, 3.05) is 28.4 Å². The molecule has 4 aliphatic heterocycles. The van der Waals surface area contributed by atoms with Gasteiger partial charge in [0.25, 0.3) is 0 Å². The van der Waals surface area contributed by atoms with Gasteiger partial charge in [-0.25, -0.2) is 0 Å². The molecular weight excluding hydrogens is 536 g/mol. The number of nitrogens with one attached hydrogen (secondary N) is 1. The van der Waals surface area contributed by atoms with E-state index in [4.69, 9.17) is 33.5 Å². The zero-order valence-electron chi connectivity index (χ0n) is 23.1. The molecule has 16 heteroatoms. The van der Waals surface area contributed by atoms with Crippen LogP contribution in [0.3, 0.4) is 0 Å². The fourth-order valence-electron chi connectivity index (χ4n) is 5.53. The van der Waals surface area contributed by atoms with Crippen molar-refractivity contribution < 1.29 is 57.7 Å². The van der Waals surface area contributed by atoms with Crippen LogP contribution in [0.4, 0.5) is 0 Å². The van der Waals surface area contributed by atoms with Crippen molar-refractivity contribution in [2.24, 2.45) is 0 Å². The summed E-state index contributed by atoms with van der Waals surface area (Å²) >= 11 is 0. The third kappa shape index (κ3) is 6.38. The number of nitrogens with zero attached hydrogens (tertiary/aromatic N) is 3. The summed E-state index contributed by atoms with van der Waals surface area (Å²) in [7, 11) is 5.08. The van der Waals surface area contributed by atoms with Crippen molar-refractivity contribution in [1.29, 1.82) is 0 Å². The highest BCUT2D eigenvalue weighted by molar-refractivity contribution is 5.77. The summed E-state index contributed by atoms with van der Waals surface area (Å²) in [5.74, 6) is -2.08. The molecule has 0 aliphatic carbocycles. The summed E-state index contributed by atoms with van der Waals surface area (Å²) in [6, 6.07) is -3.05. The second-order valence-electron chi connectivity index (χ2n) is 9.94. The van der Waals surface area contributed by atoms with Gasteiger partial charge in [-0.15, -0.1) is 15.2 Å². The average molecular weight is 575 g/mol. The predicted octanol–water partition coefficient (Wildman–Crippen LogP) is -1.08. The minimum atomic E-state index is -1.06. The van der Waals surface area contributed by atoms with Gasteiger partial charge in [0.05, 0.1) is 28.4 Å². The van der Waals surface area contributed by atoms with E-state index in [1.165, 1.54) is 43.6 Å². The van der Waals surface area contributed by atoms with E-state index in [-0.39, 0.29) is 0 Å². The van der Waals surface area contributed by atoms with Gasteiger partial charge in [0, 0.05) is 0 Å². The van der Waals surface area contributed by atoms with Crippen molar-refractivity contribution >= 4 is 23.9 Å². The van der Waals surface area contributed by atoms with Crippen LogP contribution in [-0.4, -0.2) is 122 Å². The molecule has 4 aliphatic rings. The van der Waals surface area contributed by atoms with Crippen LogP contribution in [0.25, 0.3) is 0 Å². The SMILES string of the molecule is COC(=O)[C@@H]1CCC(ON2C(ON3C(ON4C(O)CC[C@H]4C(=O)OC)CC[C@H]3C(=O)OC)CC[C@H]2C(=O)OC)N1. The molecule has 2 N–H and O–H groups in total. The van der Waals surface area contributed by atoms with E-state index in [1.54, 1.807) is 0 Å². The summed E-state index contributed by atoms with van der Waals surface area (Å²) in [4.78, 5) is 67.9. The summed E-state index contributed by atoms with van der Waals surface area (Å²) in [6.45, 7) is 0. The molecule has 4 rings (SSSR count). The Balaban J connectivity index is 1.52. The predicted molar refractivity (Wildman–Crippen MR) is 129 cm³/mol. The van der Waals surface area contributed by atoms with Gasteiger partial charge in [0.2, 0.25) is 0 Å². The maximum atomic E-state index is 12.7. The van der Waals surface area contributed by atoms with E-state index in [0.717, 1.165) is 0 Å². The molecular formula is C24H38N4O12. The number of hydroxylamine groups is 6. The number of hydrogen-bond acceptors (Lipinski definition) is 16. The zero-order chi connectivity index (χ0) is 29.0. The van der Waals surface area contributed by atoms with Gasteiger partial charge in [-0.2, -0.15) is 0 Å². The van der Waals surface area contributed by atoms with E-state index in [2.05, 4.69) is 5.32 Å². The van der Waals surface area contributed by atoms with E-state index < -0.39 is 73.0 Å². The average Bonchev–Trinajstić information content (AvgIpc) is 3.76. The third-order valence-corrected chi connectivity index (χ3v) is 7.60. The number of aliphatic hydroxyl groups is 1. The number of ether oxygens (including phenoxy) is 4. The number of hydrogen-bond donors (Lipinski definition) is 2. The first-order valence-electron chi connectivity index (χ1n) is 13.3.